The van der Waals surface area contributed by atoms with Crippen LogP contribution < -0.4 is 0 Å². The first-order chi connectivity index (χ1) is 5.52. The second kappa shape index (κ2) is 3.45. The number of halogens is 4. The van der Waals surface area contributed by atoms with Crippen molar-refractivity contribution < 1.29 is 18.3 Å². The number of aliphatic hydroxyl groups is 1. The van der Waals surface area contributed by atoms with Crippen LogP contribution in [0.1, 0.15) is 10.6 Å². The molecule has 1 atom stereocenters. The van der Waals surface area contributed by atoms with Crippen molar-refractivity contribution >= 4 is 15.9 Å². The fourth-order valence-electron chi connectivity index (χ4n) is 0.749. The molecule has 0 aliphatic carbocycles. The van der Waals surface area contributed by atoms with Gasteiger partial charge in [-0.3, -0.25) is 0 Å². The summed E-state index contributed by atoms with van der Waals surface area (Å²) in [5, 5.41) is 7.40. The van der Waals surface area contributed by atoms with Crippen LogP contribution in [0.3, 0.4) is 0 Å². The van der Waals surface area contributed by atoms with Crippen LogP contribution in [0, 0.1) is 17.5 Å². The molecule has 0 aliphatic heterocycles. The van der Waals surface area contributed by atoms with Crippen molar-refractivity contribution in [2.75, 3.05) is 0 Å². The van der Waals surface area contributed by atoms with Gasteiger partial charge in [-0.25, -0.2) is 13.2 Å². The van der Waals surface area contributed by atoms with Crippen LogP contribution in [0.2, 0.25) is 0 Å². The molecule has 12 heavy (non-hydrogen) atoms. The zero-order valence-corrected chi connectivity index (χ0v) is 7.28. The first kappa shape index (κ1) is 9.54. The monoisotopic (exact) mass is 240 g/mol. The molecule has 1 nitrogen and oxygen atoms in total. The van der Waals surface area contributed by atoms with Gasteiger partial charge in [0, 0.05) is 11.6 Å². The summed E-state index contributed by atoms with van der Waals surface area (Å²) in [7, 11) is 0. The zero-order valence-electron chi connectivity index (χ0n) is 5.69. The highest BCUT2D eigenvalue weighted by Gasteiger charge is 2.15. The normalized spacial score (nSPS) is 13.1. The van der Waals surface area contributed by atoms with Crippen molar-refractivity contribution in [3.63, 3.8) is 0 Å². The van der Waals surface area contributed by atoms with E-state index in [0.717, 1.165) is 6.07 Å². The number of alkyl halides is 1. The molecule has 0 saturated heterocycles. The van der Waals surface area contributed by atoms with Gasteiger partial charge in [-0.05, 0) is 6.07 Å². The van der Waals surface area contributed by atoms with E-state index in [1.54, 1.807) is 0 Å². The molecule has 0 bridgehead atoms. The van der Waals surface area contributed by atoms with Gasteiger partial charge >= 0.3 is 0 Å². The van der Waals surface area contributed by atoms with Crippen molar-refractivity contribution in [2.45, 2.75) is 5.01 Å². The molecule has 1 aromatic carbocycles. The van der Waals surface area contributed by atoms with E-state index in [9.17, 15) is 13.2 Å². The Hall–Kier alpha value is -0.550. The summed E-state index contributed by atoms with van der Waals surface area (Å²) in [6.45, 7) is 0. The second-order valence-corrected chi connectivity index (χ2v) is 2.99. The minimum absolute atomic E-state index is 0.411. The van der Waals surface area contributed by atoms with E-state index >= 15 is 0 Å². The highest BCUT2D eigenvalue weighted by Crippen LogP contribution is 2.24. The number of aliphatic hydroxyl groups excluding tert-OH is 1. The smallest absolute Gasteiger partial charge is 0.165 e. The first-order valence-corrected chi connectivity index (χ1v) is 3.90. The predicted octanol–water partition coefficient (Wildman–Crippen LogP) is 2.49. The van der Waals surface area contributed by atoms with Gasteiger partial charge in [-0.15, -0.1) is 0 Å². The molecule has 1 N–H and O–H groups in total. The summed E-state index contributed by atoms with van der Waals surface area (Å²) in [5.74, 6) is -3.49. The molecule has 66 valence electrons. The lowest BCUT2D eigenvalue weighted by molar-refractivity contribution is 0.268. The summed E-state index contributed by atoms with van der Waals surface area (Å²) < 4.78 is 37.6. The molecule has 0 fully saturated rings. The van der Waals surface area contributed by atoms with Crippen LogP contribution in [0.5, 0.6) is 0 Å². The quantitative estimate of drug-likeness (QED) is 0.591. The number of benzene rings is 1. The fraction of sp³-hybridized carbons (Fsp3) is 0.143. The van der Waals surface area contributed by atoms with E-state index in [1.165, 1.54) is 0 Å². The van der Waals surface area contributed by atoms with Gasteiger partial charge < -0.3 is 5.11 Å². The Bertz CT molecular complexity index is 301. The second-order valence-electron chi connectivity index (χ2n) is 2.13. The molecule has 1 aromatic rings. The van der Waals surface area contributed by atoms with Gasteiger partial charge in [0.25, 0.3) is 0 Å². The summed E-state index contributed by atoms with van der Waals surface area (Å²) in [6, 6.07) is 1.13. The van der Waals surface area contributed by atoms with E-state index < -0.39 is 28.0 Å². The van der Waals surface area contributed by atoms with E-state index in [0.29, 0.717) is 6.07 Å². The molecule has 0 saturated carbocycles. The van der Waals surface area contributed by atoms with Crippen LogP contribution in [0.15, 0.2) is 12.1 Å². The molecule has 1 rings (SSSR count). The lowest BCUT2D eigenvalue weighted by Gasteiger charge is -2.04. The first-order valence-electron chi connectivity index (χ1n) is 2.99. The maximum absolute atomic E-state index is 12.7. The molecule has 0 aromatic heterocycles. The van der Waals surface area contributed by atoms with Crippen LogP contribution >= 0.6 is 15.9 Å². The van der Waals surface area contributed by atoms with E-state index in [4.69, 9.17) is 5.11 Å². The Morgan fingerprint density at radius 1 is 1.25 bits per heavy atom. The summed E-state index contributed by atoms with van der Waals surface area (Å²) >= 11 is 2.58. The SMILES string of the molecule is OC(Br)c1cc(F)cc(F)c1F. The Labute approximate surface area is 75.0 Å². The third-order valence-electron chi connectivity index (χ3n) is 1.28. The Kier molecular flexibility index (Phi) is 2.74. The van der Waals surface area contributed by atoms with Crippen LogP contribution in [-0.4, -0.2) is 5.11 Å². The van der Waals surface area contributed by atoms with E-state index in [2.05, 4.69) is 15.9 Å². The van der Waals surface area contributed by atoms with E-state index in [-0.39, 0.29) is 0 Å². The molecule has 0 aliphatic rings. The minimum atomic E-state index is -1.40. The fourth-order valence-corrected chi connectivity index (χ4v) is 1.08. The minimum Gasteiger partial charge on any atom is -0.377 e. The highest BCUT2D eigenvalue weighted by atomic mass is 79.9. The van der Waals surface area contributed by atoms with Crippen molar-refractivity contribution in [2.24, 2.45) is 0 Å². The van der Waals surface area contributed by atoms with Crippen molar-refractivity contribution in [1.29, 1.82) is 0 Å². The average molecular weight is 241 g/mol. The van der Waals surface area contributed by atoms with Crippen LogP contribution in [0.25, 0.3) is 0 Å². The Morgan fingerprint density at radius 2 is 1.83 bits per heavy atom. The molecular formula is C7H4BrF3O. The molecular weight excluding hydrogens is 237 g/mol. The van der Waals surface area contributed by atoms with Crippen LogP contribution in [-0.2, 0) is 0 Å². The van der Waals surface area contributed by atoms with E-state index in [1.807, 2.05) is 0 Å². The topological polar surface area (TPSA) is 20.2 Å². The van der Waals surface area contributed by atoms with Gasteiger partial charge in [0.15, 0.2) is 11.6 Å². The molecule has 0 heterocycles. The predicted molar refractivity (Wildman–Crippen MR) is 40.2 cm³/mol. The van der Waals surface area contributed by atoms with Gasteiger partial charge in [0.2, 0.25) is 0 Å². The Balaban J connectivity index is 3.28. The summed E-state index contributed by atoms with van der Waals surface area (Å²) in [4.78, 5) is 0. The van der Waals surface area contributed by atoms with Gasteiger partial charge in [-0.2, -0.15) is 0 Å². The maximum atomic E-state index is 12.7. The van der Waals surface area contributed by atoms with Crippen molar-refractivity contribution in [1.82, 2.24) is 0 Å². The van der Waals surface area contributed by atoms with Gasteiger partial charge in [0.05, 0.1) is 0 Å². The molecule has 0 spiro atoms. The maximum Gasteiger partial charge on any atom is 0.165 e. The molecule has 0 amide bonds. The van der Waals surface area contributed by atoms with Crippen LogP contribution in [0.4, 0.5) is 13.2 Å². The lowest BCUT2D eigenvalue weighted by atomic mass is 10.2. The summed E-state index contributed by atoms with van der Waals surface area (Å²) in [6.07, 6.45) is 0. The lowest BCUT2D eigenvalue weighted by Crippen LogP contribution is -1.97. The van der Waals surface area contributed by atoms with Crippen molar-refractivity contribution in [3.05, 3.63) is 35.1 Å². The van der Waals surface area contributed by atoms with Gasteiger partial charge in [-0.1, -0.05) is 15.9 Å². The third kappa shape index (κ3) is 1.78. The number of rotatable bonds is 1. The largest absolute Gasteiger partial charge is 0.377 e. The van der Waals surface area contributed by atoms with Crippen molar-refractivity contribution in [3.8, 4) is 0 Å². The van der Waals surface area contributed by atoms with Gasteiger partial charge in [0.1, 0.15) is 10.8 Å². The standard InChI is InChI=1S/C7H4BrF3O/c8-7(12)4-1-3(9)2-5(10)6(4)11/h1-2,7,12H. The Morgan fingerprint density at radius 3 is 2.33 bits per heavy atom. The zero-order chi connectivity index (χ0) is 9.30. The molecule has 5 heteroatoms. The third-order valence-corrected chi connectivity index (χ3v) is 1.77. The summed E-state index contributed by atoms with van der Waals surface area (Å²) in [5.41, 5.74) is -0.451. The average Bonchev–Trinajstić information content (AvgIpc) is 1.96. The number of hydrogen-bond acceptors (Lipinski definition) is 1. The number of hydrogen-bond donors (Lipinski definition) is 1. The molecule has 0 radical (unpaired) electrons. The highest BCUT2D eigenvalue weighted by molar-refractivity contribution is 9.09. The molecule has 1 unspecified atom stereocenters.